The molecule has 0 aliphatic rings. The first-order chi connectivity index (χ1) is 16.2. The van der Waals surface area contributed by atoms with Gasteiger partial charge in [-0.3, -0.25) is 14.7 Å². The Balaban J connectivity index is 1.66. The van der Waals surface area contributed by atoms with Gasteiger partial charge in [0, 0.05) is 11.8 Å². The quantitative estimate of drug-likeness (QED) is 0.249. The van der Waals surface area contributed by atoms with Crippen molar-refractivity contribution < 1.29 is 9.53 Å². The molecular formula is C27H29N3O2S. The van der Waals surface area contributed by atoms with E-state index >= 15 is 0 Å². The number of nitrogens with zero attached hydrogens (tertiary/aromatic N) is 3. The van der Waals surface area contributed by atoms with Gasteiger partial charge in [-0.05, 0) is 54.8 Å². The van der Waals surface area contributed by atoms with Crippen molar-refractivity contribution in [3.05, 3.63) is 83.7 Å². The average molecular weight is 460 g/mol. The second-order valence-corrected chi connectivity index (χ2v) is 8.92. The molecule has 0 saturated heterocycles. The number of fused-ring (bicyclic) bond motifs is 1. The number of unbranched alkanes of at least 4 members (excludes halogenated alkanes) is 2. The summed E-state index contributed by atoms with van der Waals surface area (Å²) in [6.07, 6.45) is 5.93. The Kier molecular flexibility index (Phi) is 7.68. The predicted molar refractivity (Wildman–Crippen MR) is 135 cm³/mol. The lowest BCUT2D eigenvalue weighted by Gasteiger charge is -2.20. The Morgan fingerprint density at radius 2 is 1.91 bits per heavy atom. The number of rotatable bonds is 10. The highest BCUT2D eigenvalue weighted by molar-refractivity contribution is 7.22. The van der Waals surface area contributed by atoms with Crippen LogP contribution >= 0.6 is 11.3 Å². The van der Waals surface area contributed by atoms with Gasteiger partial charge < -0.3 is 4.74 Å². The molecule has 2 aromatic carbocycles. The molecule has 170 valence electrons. The van der Waals surface area contributed by atoms with Crippen molar-refractivity contribution >= 4 is 32.6 Å². The average Bonchev–Trinajstić information content (AvgIpc) is 3.30. The number of benzene rings is 2. The molecule has 0 saturated carbocycles. The van der Waals surface area contributed by atoms with Crippen molar-refractivity contribution in [2.24, 2.45) is 0 Å². The summed E-state index contributed by atoms with van der Waals surface area (Å²) in [4.78, 5) is 24.8. The van der Waals surface area contributed by atoms with Crippen LogP contribution in [0.4, 0.5) is 5.13 Å². The maximum absolute atomic E-state index is 13.7. The Morgan fingerprint density at radius 1 is 1.03 bits per heavy atom. The Hall–Kier alpha value is -3.25. The highest BCUT2D eigenvalue weighted by Gasteiger charge is 2.23. The maximum atomic E-state index is 13.7. The monoisotopic (exact) mass is 459 g/mol. The summed E-state index contributed by atoms with van der Waals surface area (Å²) in [6, 6.07) is 19.4. The molecule has 0 unspecified atom stereocenters. The topological polar surface area (TPSA) is 55.3 Å². The highest BCUT2D eigenvalue weighted by Crippen LogP contribution is 2.33. The van der Waals surface area contributed by atoms with E-state index in [4.69, 9.17) is 9.72 Å². The second kappa shape index (κ2) is 11.1. The molecule has 0 aliphatic carbocycles. The molecule has 0 fully saturated rings. The van der Waals surface area contributed by atoms with Gasteiger partial charge in [-0.1, -0.05) is 62.3 Å². The maximum Gasteiger partial charge on any atom is 0.260 e. The number of carbonyl (C=O) groups excluding carboxylic acids is 1. The van der Waals surface area contributed by atoms with Gasteiger partial charge in [-0.2, -0.15) is 0 Å². The molecule has 1 amide bonds. The summed E-state index contributed by atoms with van der Waals surface area (Å²) >= 11 is 1.54. The SMILES string of the molecule is CCCCCOc1cccc(C(=O)N(Cc2ccccn2)c2nc3c(CC)cccc3s2)c1. The van der Waals surface area contributed by atoms with E-state index in [1.54, 1.807) is 11.1 Å². The van der Waals surface area contributed by atoms with Gasteiger partial charge in [0.25, 0.3) is 5.91 Å². The van der Waals surface area contributed by atoms with Crippen LogP contribution in [0, 0.1) is 0 Å². The van der Waals surface area contributed by atoms with Crippen molar-refractivity contribution in [1.29, 1.82) is 0 Å². The van der Waals surface area contributed by atoms with Crippen molar-refractivity contribution in [3.8, 4) is 5.75 Å². The zero-order valence-electron chi connectivity index (χ0n) is 19.2. The molecule has 0 atom stereocenters. The number of anilines is 1. The highest BCUT2D eigenvalue weighted by atomic mass is 32.1. The predicted octanol–water partition coefficient (Wildman–Crippen LogP) is 6.67. The number of para-hydroxylation sites is 1. The van der Waals surface area contributed by atoms with Crippen LogP contribution in [0.1, 0.15) is 54.7 Å². The van der Waals surface area contributed by atoms with Crippen LogP contribution in [-0.4, -0.2) is 22.5 Å². The number of ether oxygens (including phenoxy) is 1. The van der Waals surface area contributed by atoms with Crippen LogP contribution in [0.2, 0.25) is 0 Å². The lowest BCUT2D eigenvalue weighted by atomic mass is 10.1. The molecule has 0 radical (unpaired) electrons. The number of hydrogen-bond donors (Lipinski definition) is 0. The third-order valence-electron chi connectivity index (χ3n) is 5.49. The summed E-state index contributed by atoms with van der Waals surface area (Å²) in [5.41, 5.74) is 3.54. The largest absolute Gasteiger partial charge is 0.494 e. The third kappa shape index (κ3) is 5.57. The van der Waals surface area contributed by atoms with Crippen molar-refractivity contribution in [3.63, 3.8) is 0 Å². The van der Waals surface area contributed by atoms with E-state index in [2.05, 4.69) is 31.0 Å². The summed E-state index contributed by atoms with van der Waals surface area (Å²) in [5.74, 6) is 0.601. The van der Waals surface area contributed by atoms with E-state index in [-0.39, 0.29) is 5.91 Å². The van der Waals surface area contributed by atoms with Crippen LogP contribution in [0.15, 0.2) is 66.9 Å². The van der Waals surface area contributed by atoms with Crippen LogP contribution in [0.3, 0.4) is 0 Å². The van der Waals surface area contributed by atoms with Crippen molar-refractivity contribution in [1.82, 2.24) is 9.97 Å². The first-order valence-corrected chi connectivity index (χ1v) is 12.3. The van der Waals surface area contributed by atoms with Crippen LogP contribution in [-0.2, 0) is 13.0 Å². The summed E-state index contributed by atoms with van der Waals surface area (Å²) in [6.45, 7) is 5.29. The van der Waals surface area contributed by atoms with Gasteiger partial charge in [-0.15, -0.1) is 0 Å². The minimum atomic E-state index is -0.114. The standard InChI is InChI=1S/C27H29N3O2S/c1-3-5-8-17-32-23-14-9-12-21(18-23)26(31)30(19-22-13-6-7-16-28-22)27-29-25-20(4-2)11-10-15-24(25)33-27/h6-7,9-16,18H,3-5,8,17,19H2,1-2H3. The molecule has 5 nitrogen and oxygen atoms in total. The molecule has 4 rings (SSSR count). The van der Waals surface area contributed by atoms with Gasteiger partial charge in [0.2, 0.25) is 0 Å². The Bertz CT molecular complexity index is 1210. The van der Waals surface area contributed by atoms with Gasteiger partial charge in [0.05, 0.1) is 29.1 Å². The molecule has 2 heterocycles. The summed E-state index contributed by atoms with van der Waals surface area (Å²) in [7, 11) is 0. The van der Waals surface area contributed by atoms with E-state index in [0.29, 0.717) is 29.6 Å². The van der Waals surface area contributed by atoms with Crippen LogP contribution < -0.4 is 9.64 Å². The van der Waals surface area contributed by atoms with E-state index in [1.807, 2.05) is 48.5 Å². The molecule has 33 heavy (non-hydrogen) atoms. The molecule has 0 aliphatic heterocycles. The normalized spacial score (nSPS) is 11.0. The molecule has 0 N–H and O–H groups in total. The molecule has 0 bridgehead atoms. The molecule has 0 spiro atoms. The molecule has 6 heteroatoms. The molecular weight excluding hydrogens is 430 g/mol. The minimum Gasteiger partial charge on any atom is -0.494 e. The molecule has 2 aromatic heterocycles. The number of aryl methyl sites for hydroxylation is 1. The van der Waals surface area contributed by atoms with Crippen LogP contribution in [0.5, 0.6) is 5.75 Å². The Morgan fingerprint density at radius 3 is 2.70 bits per heavy atom. The zero-order valence-corrected chi connectivity index (χ0v) is 20.0. The number of amides is 1. The first kappa shape index (κ1) is 22.9. The third-order valence-corrected chi connectivity index (χ3v) is 6.54. The first-order valence-electron chi connectivity index (χ1n) is 11.5. The van der Waals surface area contributed by atoms with E-state index in [1.165, 1.54) is 16.9 Å². The fourth-order valence-electron chi connectivity index (χ4n) is 3.69. The zero-order chi connectivity index (χ0) is 23.0. The fourth-order valence-corrected chi connectivity index (χ4v) is 4.70. The number of hydrogen-bond acceptors (Lipinski definition) is 5. The fraction of sp³-hybridized carbons (Fsp3) is 0.296. The lowest BCUT2D eigenvalue weighted by Crippen LogP contribution is -2.30. The van der Waals surface area contributed by atoms with Crippen LogP contribution in [0.25, 0.3) is 10.2 Å². The van der Waals surface area contributed by atoms with Gasteiger partial charge in [-0.25, -0.2) is 4.98 Å². The van der Waals surface area contributed by atoms with Gasteiger partial charge in [0.15, 0.2) is 5.13 Å². The van der Waals surface area contributed by atoms with E-state index < -0.39 is 0 Å². The van der Waals surface area contributed by atoms with Gasteiger partial charge >= 0.3 is 0 Å². The van der Waals surface area contributed by atoms with E-state index in [0.717, 1.165) is 41.6 Å². The van der Waals surface area contributed by atoms with Gasteiger partial charge in [0.1, 0.15) is 5.75 Å². The second-order valence-electron chi connectivity index (χ2n) is 7.91. The molecule has 4 aromatic rings. The summed E-state index contributed by atoms with van der Waals surface area (Å²) < 4.78 is 6.96. The number of pyridine rings is 1. The van der Waals surface area contributed by atoms with E-state index in [9.17, 15) is 4.79 Å². The smallest absolute Gasteiger partial charge is 0.260 e. The van der Waals surface area contributed by atoms with Crippen molar-refractivity contribution in [2.45, 2.75) is 46.1 Å². The summed E-state index contributed by atoms with van der Waals surface area (Å²) in [5, 5.41) is 0.677. The number of thiazole rings is 1. The lowest BCUT2D eigenvalue weighted by molar-refractivity contribution is 0.0984. The number of aromatic nitrogens is 2. The number of carbonyl (C=O) groups is 1. The Labute approximate surface area is 199 Å². The minimum absolute atomic E-state index is 0.114. The van der Waals surface area contributed by atoms with Crippen molar-refractivity contribution in [2.75, 3.05) is 11.5 Å².